The fourth-order valence-corrected chi connectivity index (χ4v) is 3.76. The van der Waals surface area contributed by atoms with Crippen molar-refractivity contribution in [2.75, 3.05) is 26.5 Å². The number of alkyl halides is 2. The Morgan fingerprint density at radius 3 is 2.89 bits per heavy atom. The number of hydrogen-bond acceptors (Lipinski definition) is 3. The molecule has 0 aromatic heterocycles. The number of hydrogen-bond donors (Lipinski definition) is 3. The second-order valence-corrected chi connectivity index (χ2v) is 6.41. The van der Waals surface area contributed by atoms with Crippen molar-refractivity contribution in [2.24, 2.45) is 5.92 Å². The standard InChI is InChI=1S/C13H21Cl2N3O/c1-2-5-19-13(7-18-9-16-8-17-18)11-4-3-10(14)6-12(11)15/h1,10-13,16-17H,3-9H2/p+1. The first kappa shape index (κ1) is 15.4. The summed E-state index contributed by atoms with van der Waals surface area (Å²) in [6.07, 6.45) is 8.27. The Bertz CT molecular complexity index is 318. The molecule has 0 bridgehead atoms. The minimum Gasteiger partial charge on any atom is -0.359 e. The zero-order chi connectivity index (χ0) is 13.7. The lowest BCUT2D eigenvalue weighted by Crippen LogP contribution is -3.17. The molecule has 0 amide bonds. The summed E-state index contributed by atoms with van der Waals surface area (Å²) in [5.74, 6) is 2.88. The van der Waals surface area contributed by atoms with E-state index in [1.165, 1.54) is 5.01 Å². The van der Waals surface area contributed by atoms with E-state index in [2.05, 4.69) is 16.7 Å². The minimum atomic E-state index is 0.0778. The molecule has 1 saturated carbocycles. The number of terminal acetylenes is 1. The van der Waals surface area contributed by atoms with Gasteiger partial charge < -0.3 is 4.74 Å². The third kappa shape index (κ3) is 4.49. The van der Waals surface area contributed by atoms with Gasteiger partial charge in [0.25, 0.3) is 0 Å². The topological polar surface area (TPSA) is 37.7 Å². The van der Waals surface area contributed by atoms with Crippen LogP contribution in [0.2, 0.25) is 0 Å². The minimum absolute atomic E-state index is 0.0778. The molecule has 108 valence electrons. The molecular formula is C13H22Cl2N3O+. The molecule has 1 saturated heterocycles. The van der Waals surface area contributed by atoms with Gasteiger partial charge in [0.05, 0.1) is 6.67 Å². The monoisotopic (exact) mass is 306 g/mol. The summed E-state index contributed by atoms with van der Waals surface area (Å²) in [4.78, 5) is 0. The molecule has 19 heavy (non-hydrogen) atoms. The van der Waals surface area contributed by atoms with E-state index in [0.29, 0.717) is 12.5 Å². The molecule has 5 atom stereocenters. The third-order valence-electron chi connectivity index (χ3n) is 3.87. The average molecular weight is 307 g/mol. The number of ether oxygens (including phenoxy) is 1. The van der Waals surface area contributed by atoms with Gasteiger partial charge in [-0.2, -0.15) is 5.43 Å². The molecule has 3 N–H and O–H groups in total. The molecule has 2 fully saturated rings. The zero-order valence-corrected chi connectivity index (χ0v) is 12.5. The van der Waals surface area contributed by atoms with Crippen LogP contribution < -0.4 is 15.8 Å². The first-order valence-corrected chi connectivity index (χ1v) is 7.70. The Kier molecular flexibility index (Phi) is 6.21. The lowest BCUT2D eigenvalue weighted by atomic mass is 9.84. The van der Waals surface area contributed by atoms with E-state index in [-0.39, 0.29) is 16.9 Å². The van der Waals surface area contributed by atoms with Gasteiger partial charge in [0.15, 0.2) is 0 Å². The molecule has 0 aromatic carbocycles. The normalized spacial score (nSPS) is 36.9. The molecule has 1 heterocycles. The van der Waals surface area contributed by atoms with Gasteiger partial charge in [-0.3, -0.25) is 5.32 Å². The van der Waals surface area contributed by atoms with Crippen molar-refractivity contribution >= 4 is 23.2 Å². The van der Waals surface area contributed by atoms with Gasteiger partial charge in [-0.1, -0.05) is 5.92 Å². The van der Waals surface area contributed by atoms with Gasteiger partial charge >= 0.3 is 0 Å². The lowest BCUT2D eigenvalue weighted by Gasteiger charge is -2.35. The molecule has 1 aliphatic heterocycles. The molecule has 0 aromatic rings. The smallest absolute Gasteiger partial charge is 0.149 e. The van der Waals surface area contributed by atoms with Crippen LogP contribution in [0, 0.1) is 18.3 Å². The fraction of sp³-hybridized carbons (Fsp3) is 0.846. The van der Waals surface area contributed by atoms with Crippen molar-refractivity contribution in [3.63, 3.8) is 0 Å². The highest BCUT2D eigenvalue weighted by molar-refractivity contribution is 6.24. The number of nitrogens with one attached hydrogen (secondary N) is 3. The van der Waals surface area contributed by atoms with E-state index >= 15 is 0 Å². The van der Waals surface area contributed by atoms with E-state index in [0.717, 1.165) is 39.1 Å². The molecule has 6 heteroatoms. The van der Waals surface area contributed by atoms with Crippen molar-refractivity contribution in [2.45, 2.75) is 36.1 Å². The lowest BCUT2D eigenvalue weighted by molar-refractivity contribution is -0.936. The van der Waals surface area contributed by atoms with E-state index in [9.17, 15) is 0 Å². The Morgan fingerprint density at radius 1 is 1.42 bits per heavy atom. The van der Waals surface area contributed by atoms with Crippen LogP contribution in [0.15, 0.2) is 0 Å². The van der Waals surface area contributed by atoms with E-state index < -0.39 is 0 Å². The highest BCUT2D eigenvalue weighted by Gasteiger charge is 2.37. The number of halogens is 2. The average Bonchev–Trinajstić information content (AvgIpc) is 2.88. The van der Waals surface area contributed by atoms with Crippen LogP contribution in [-0.2, 0) is 4.74 Å². The molecule has 1 aliphatic carbocycles. The highest BCUT2D eigenvalue weighted by atomic mass is 35.5. The summed E-state index contributed by atoms with van der Waals surface area (Å²) in [5, 5.41) is 4.81. The summed E-state index contributed by atoms with van der Waals surface area (Å²) in [6, 6.07) is 0. The van der Waals surface area contributed by atoms with Gasteiger partial charge in [-0.05, 0) is 19.3 Å². The van der Waals surface area contributed by atoms with Crippen molar-refractivity contribution in [1.29, 1.82) is 0 Å². The maximum atomic E-state index is 6.48. The predicted molar refractivity (Wildman–Crippen MR) is 77.0 cm³/mol. The summed E-state index contributed by atoms with van der Waals surface area (Å²) < 4.78 is 5.85. The van der Waals surface area contributed by atoms with Crippen LogP contribution in [0.5, 0.6) is 0 Å². The number of rotatable bonds is 5. The molecule has 4 nitrogen and oxygen atoms in total. The van der Waals surface area contributed by atoms with Crippen LogP contribution in [0.25, 0.3) is 0 Å². The molecule has 0 spiro atoms. The van der Waals surface area contributed by atoms with Crippen LogP contribution in [0.4, 0.5) is 0 Å². The van der Waals surface area contributed by atoms with Crippen LogP contribution in [0.1, 0.15) is 19.3 Å². The first-order valence-electron chi connectivity index (χ1n) is 6.83. The Balaban J connectivity index is 1.93. The SMILES string of the molecule is C#CCOC(C[NH+]1CNCN1)C1CCC(Cl)CC1Cl. The zero-order valence-electron chi connectivity index (χ0n) is 11.0. The predicted octanol–water partition coefficient (Wildman–Crippen LogP) is -0.0726. The van der Waals surface area contributed by atoms with Crippen molar-refractivity contribution < 1.29 is 9.75 Å². The molecule has 0 radical (unpaired) electrons. The molecule has 2 rings (SSSR count). The summed E-state index contributed by atoms with van der Waals surface area (Å²) in [5.41, 5.74) is 3.33. The Labute approximate surface area is 125 Å². The van der Waals surface area contributed by atoms with Gasteiger partial charge in [0.2, 0.25) is 0 Å². The maximum Gasteiger partial charge on any atom is 0.149 e. The van der Waals surface area contributed by atoms with Crippen LogP contribution in [0.3, 0.4) is 0 Å². The first-order chi connectivity index (χ1) is 9.20. The number of quaternary nitrogens is 1. The van der Waals surface area contributed by atoms with E-state index in [1.54, 1.807) is 0 Å². The van der Waals surface area contributed by atoms with E-state index in [4.69, 9.17) is 34.4 Å². The summed E-state index contributed by atoms with van der Waals surface area (Å²) in [7, 11) is 0. The summed E-state index contributed by atoms with van der Waals surface area (Å²) >= 11 is 12.6. The van der Waals surface area contributed by atoms with Gasteiger partial charge in [0.1, 0.15) is 25.9 Å². The van der Waals surface area contributed by atoms with E-state index in [1.807, 2.05) is 0 Å². The van der Waals surface area contributed by atoms with Crippen molar-refractivity contribution in [3.05, 3.63) is 0 Å². The second-order valence-electron chi connectivity index (χ2n) is 5.23. The fourth-order valence-electron chi connectivity index (χ4n) is 2.85. The Hall–Kier alpha value is -0.0200. The third-order valence-corrected chi connectivity index (χ3v) is 4.76. The quantitative estimate of drug-likeness (QED) is 0.492. The molecular weight excluding hydrogens is 285 g/mol. The molecule has 5 unspecified atom stereocenters. The van der Waals surface area contributed by atoms with Crippen LogP contribution >= 0.6 is 23.2 Å². The maximum absolute atomic E-state index is 6.48. The van der Waals surface area contributed by atoms with Gasteiger partial charge in [0, 0.05) is 16.7 Å². The summed E-state index contributed by atoms with van der Waals surface area (Å²) in [6.45, 7) is 2.94. The van der Waals surface area contributed by atoms with Crippen molar-refractivity contribution in [1.82, 2.24) is 10.7 Å². The Morgan fingerprint density at radius 2 is 2.26 bits per heavy atom. The van der Waals surface area contributed by atoms with Crippen molar-refractivity contribution in [3.8, 4) is 12.3 Å². The largest absolute Gasteiger partial charge is 0.359 e. The highest BCUT2D eigenvalue weighted by Crippen LogP contribution is 2.34. The molecule has 2 aliphatic rings. The second kappa shape index (κ2) is 7.68. The van der Waals surface area contributed by atoms with Crippen LogP contribution in [-0.4, -0.2) is 43.3 Å². The van der Waals surface area contributed by atoms with Gasteiger partial charge in [-0.15, -0.1) is 29.6 Å². The van der Waals surface area contributed by atoms with Gasteiger partial charge in [-0.25, -0.2) is 5.01 Å².